The molecular formula is C21H36. The van der Waals surface area contributed by atoms with Crippen molar-refractivity contribution in [2.45, 2.75) is 68.2 Å². The molecule has 0 heterocycles. The van der Waals surface area contributed by atoms with Crippen molar-refractivity contribution >= 4 is 0 Å². The molecule has 0 nitrogen and oxygen atoms in total. The van der Waals surface area contributed by atoms with E-state index in [9.17, 15) is 0 Å². The van der Waals surface area contributed by atoms with Crippen LogP contribution in [0, 0.1) is 52.8 Å². The van der Waals surface area contributed by atoms with E-state index in [1.165, 1.54) is 12.8 Å². The van der Waals surface area contributed by atoms with E-state index < -0.39 is 0 Å². The summed E-state index contributed by atoms with van der Waals surface area (Å²) < 4.78 is 0. The van der Waals surface area contributed by atoms with Crippen molar-refractivity contribution in [3.63, 3.8) is 0 Å². The molecule has 0 heteroatoms. The van der Waals surface area contributed by atoms with Gasteiger partial charge < -0.3 is 0 Å². The fourth-order valence-electron chi connectivity index (χ4n) is 7.30. The monoisotopic (exact) mass is 288 g/mol. The van der Waals surface area contributed by atoms with Crippen LogP contribution >= 0.6 is 0 Å². The Morgan fingerprint density at radius 1 is 1.19 bits per heavy atom. The Bertz CT molecular complexity index is 453. The highest BCUT2D eigenvalue weighted by Gasteiger charge is 2.74. The third kappa shape index (κ3) is 1.74. The van der Waals surface area contributed by atoms with Gasteiger partial charge in [-0.1, -0.05) is 52.2 Å². The van der Waals surface area contributed by atoms with Crippen molar-refractivity contribution in [2.24, 2.45) is 52.8 Å². The first-order valence-electron chi connectivity index (χ1n) is 9.40. The summed E-state index contributed by atoms with van der Waals surface area (Å²) in [6, 6.07) is 0. The Morgan fingerprint density at radius 2 is 1.81 bits per heavy atom. The molecule has 120 valence electrons. The van der Waals surface area contributed by atoms with Crippen molar-refractivity contribution in [3.8, 4) is 0 Å². The number of hydrogen-bond acceptors (Lipinski definition) is 0. The molecule has 0 aromatic heterocycles. The Morgan fingerprint density at radius 3 is 2.29 bits per heavy atom. The normalized spacial score (nSPS) is 51.0. The molecule has 0 radical (unpaired) electrons. The average molecular weight is 289 g/mol. The van der Waals surface area contributed by atoms with Crippen LogP contribution in [0.5, 0.6) is 0 Å². The molecule has 3 rings (SSSR count). The lowest BCUT2D eigenvalue weighted by Gasteiger charge is -2.64. The largest absolute Gasteiger partial charge is 0.0772 e. The van der Waals surface area contributed by atoms with Crippen LogP contribution in [-0.2, 0) is 0 Å². The zero-order valence-electron chi connectivity index (χ0n) is 15.5. The SMILES string of the molecule is CCC1CC2C1C(C)C1C(C(C)C)C(C(C)=C(C)C)C21C. The Balaban J connectivity index is 1.99. The molecule has 0 bridgehead atoms. The van der Waals surface area contributed by atoms with Crippen molar-refractivity contribution in [1.29, 1.82) is 0 Å². The van der Waals surface area contributed by atoms with E-state index >= 15 is 0 Å². The van der Waals surface area contributed by atoms with E-state index in [-0.39, 0.29) is 0 Å². The number of allylic oxidation sites excluding steroid dienone is 2. The Labute approximate surface area is 132 Å². The second-order valence-corrected chi connectivity index (χ2v) is 9.32. The molecule has 0 aliphatic heterocycles. The van der Waals surface area contributed by atoms with Crippen LogP contribution < -0.4 is 0 Å². The van der Waals surface area contributed by atoms with Crippen LogP contribution in [0.1, 0.15) is 68.2 Å². The van der Waals surface area contributed by atoms with E-state index in [4.69, 9.17) is 0 Å². The van der Waals surface area contributed by atoms with E-state index in [0.29, 0.717) is 5.41 Å². The van der Waals surface area contributed by atoms with Crippen molar-refractivity contribution in [3.05, 3.63) is 11.1 Å². The van der Waals surface area contributed by atoms with Gasteiger partial charge in [-0.05, 0) is 80.0 Å². The molecule has 3 aliphatic rings. The molecule has 8 atom stereocenters. The van der Waals surface area contributed by atoms with Crippen molar-refractivity contribution in [1.82, 2.24) is 0 Å². The highest BCUT2D eigenvalue weighted by atomic mass is 14.8. The molecule has 0 saturated heterocycles. The van der Waals surface area contributed by atoms with Gasteiger partial charge in [-0.25, -0.2) is 0 Å². The first kappa shape index (κ1) is 15.6. The summed E-state index contributed by atoms with van der Waals surface area (Å²) in [5.74, 6) is 7.69. The first-order valence-corrected chi connectivity index (χ1v) is 9.40. The second kappa shape index (κ2) is 4.87. The first-order chi connectivity index (χ1) is 9.76. The summed E-state index contributed by atoms with van der Waals surface area (Å²) >= 11 is 0. The van der Waals surface area contributed by atoms with E-state index in [1.807, 2.05) is 0 Å². The minimum atomic E-state index is 0.617. The van der Waals surface area contributed by atoms with Gasteiger partial charge in [0.15, 0.2) is 0 Å². The fraction of sp³-hybridized carbons (Fsp3) is 0.905. The van der Waals surface area contributed by atoms with E-state index in [1.54, 1.807) is 11.1 Å². The Hall–Kier alpha value is -0.260. The topological polar surface area (TPSA) is 0 Å². The van der Waals surface area contributed by atoms with Gasteiger partial charge in [0.1, 0.15) is 0 Å². The smallest absolute Gasteiger partial charge is 0.0110 e. The molecule has 21 heavy (non-hydrogen) atoms. The summed E-state index contributed by atoms with van der Waals surface area (Å²) in [4.78, 5) is 0. The minimum absolute atomic E-state index is 0.617. The maximum Gasteiger partial charge on any atom is -0.0110 e. The van der Waals surface area contributed by atoms with E-state index in [2.05, 4.69) is 55.4 Å². The second-order valence-electron chi connectivity index (χ2n) is 9.32. The van der Waals surface area contributed by atoms with Crippen molar-refractivity contribution in [2.75, 3.05) is 0 Å². The number of hydrogen-bond donors (Lipinski definition) is 0. The summed E-state index contributed by atoms with van der Waals surface area (Å²) in [5.41, 5.74) is 3.92. The zero-order chi connectivity index (χ0) is 15.7. The zero-order valence-corrected chi connectivity index (χ0v) is 15.5. The Kier molecular flexibility index (Phi) is 3.62. The molecule has 3 fully saturated rings. The maximum absolute atomic E-state index is 2.67. The molecule has 3 saturated carbocycles. The number of rotatable bonds is 3. The molecule has 0 amide bonds. The third-order valence-corrected chi connectivity index (χ3v) is 8.28. The average Bonchev–Trinajstić information content (AvgIpc) is 2.46. The summed E-state index contributed by atoms with van der Waals surface area (Å²) in [6.45, 7) is 19.7. The van der Waals surface area contributed by atoms with Gasteiger partial charge in [-0.15, -0.1) is 0 Å². The van der Waals surface area contributed by atoms with Crippen LogP contribution in [-0.4, -0.2) is 0 Å². The van der Waals surface area contributed by atoms with Gasteiger partial charge in [-0.2, -0.15) is 0 Å². The van der Waals surface area contributed by atoms with Crippen LogP contribution in [0.2, 0.25) is 0 Å². The van der Waals surface area contributed by atoms with E-state index in [0.717, 1.165) is 47.3 Å². The van der Waals surface area contributed by atoms with Gasteiger partial charge in [0.25, 0.3) is 0 Å². The lowest BCUT2D eigenvalue weighted by molar-refractivity contribution is -0.139. The summed E-state index contributed by atoms with van der Waals surface area (Å²) in [7, 11) is 0. The number of fused-ring (bicyclic) bond motifs is 3. The molecule has 8 unspecified atom stereocenters. The molecule has 0 N–H and O–H groups in total. The van der Waals surface area contributed by atoms with Gasteiger partial charge >= 0.3 is 0 Å². The van der Waals surface area contributed by atoms with Crippen LogP contribution in [0.4, 0.5) is 0 Å². The molecule has 0 aromatic rings. The minimum Gasteiger partial charge on any atom is -0.0772 e. The third-order valence-electron chi connectivity index (χ3n) is 8.28. The molecular weight excluding hydrogens is 252 g/mol. The molecule has 0 aromatic carbocycles. The molecule has 3 aliphatic carbocycles. The summed E-state index contributed by atoms with van der Waals surface area (Å²) in [5, 5.41) is 0. The van der Waals surface area contributed by atoms with Gasteiger partial charge in [0.2, 0.25) is 0 Å². The standard InChI is InChI=1S/C21H36/c1-9-15-10-16-18(15)14(7)20-17(12(4)5)19(21(16,20)8)13(6)11(2)3/h12,14-20H,9-10H2,1-8H3. The maximum atomic E-state index is 2.67. The summed E-state index contributed by atoms with van der Waals surface area (Å²) in [6.07, 6.45) is 2.93. The quantitative estimate of drug-likeness (QED) is 0.544. The molecule has 0 spiro atoms. The lowest BCUT2D eigenvalue weighted by Crippen LogP contribution is -2.59. The van der Waals surface area contributed by atoms with Crippen LogP contribution in [0.15, 0.2) is 11.1 Å². The fourth-order valence-corrected chi connectivity index (χ4v) is 7.30. The highest BCUT2D eigenvalue weighted by Crippen LogP contribution is 2.78. The predicted molar refractivity (Wildman–Crippen MR) is 92.0 cm³/mol. The van der Waals surface area contributed by atoms with Crippen LogP contribution in [0.3, 0.4) is 0 Å². The van der Waals surface area contributed by atoms with Gasteiger partial charge in [-0.3, -0.25) is 0 Å². The van der Waals surface area contributed by atoms with Crippen molar-refractivity contribution < 1.29 is 0 Å². The predicted octanol–water partition coefficient (Wildman–Crippen LogP) is 6.18. The highest BCUT2D eigenvalue weighted by molar-refractivity contribution is 5.29. The lowest BCUT2D eigenvalue weighted by atomic mass is 9.40. The van der Waals surface area contributed by atoms with Gasteiger partial charge in [0.05, 0.1) is 0 Å². The van der Waals surface area contributed by atoms with Crippen LogP contribution in [0.25, 0.3) is 0 Å². The van der Waals surface area contributed by atoms with Gasteiger partial charge in [0, 0.05) is 0 Å².